The Kier molecular flexibility index (Phi) is 12.2. The van der Waals surface area contributed by atoms with E-state index in [0.717, 1.165) is 31.2 Å². The normalized spacial score (nSPS) is 11.8. The summed E-state index contributed by atoms with van der Waals surface area (Å²) >= 11 is 0. The van der Waals surface area contributed by atoms with E-state index in [-0.39, 0.29) is 11.9 Å². The molecule has 0 aliphatic heterocycles. The zero-order valence-electron chi connectivity index (χ0n) is 16.0. The van der Waals surface area contributed by atoms with Gasteiger partial charge in [-0.25, -0.2) is 0 Å². The van der Waals surface area contributed by atoms with Crippen molar-refractivity contribution in [3.8, 4) is 0 Å². The zero-order valence-corrected chi connectivity index (χ0v) is 16.0. The molecule has 0 aliphatic carbocycles. The van der Waals surface area contributed by atoms with Gasteiger partial charge in [-0.15, -0.1) is 0 Å². The van der Waals surface area contributed by atoms with Crippen molar-refractivity contribution in [2.75, 3.05) is 13.7 Å². The molecule has 1 aromatic rings. The Balaban J connectivity index is 1.92. The first-order valence-electron chi connectivity index (χ1n) is 9.77. The highest BCUT2D eigenvalue weighted by Gasteiger charge is 2.12. The molecule has 0 aromatic heterocycles. The Hall–Kier alpha value is -1.88. The standard InChI is InChI=1S/C21H34N2O3/c1-26-20(24)15-11-6-4-2-3-5-7-12-16-23-21(25)19(22)17-18-13-9-8-10-14-18/h8-10,13-14,19H,2-7,11-12,15-17,22H2,1H3,(H,23,25)/t19-/m0/s1. The van der Waals surface area contributed by atoms with E-state index in [1.807, 2.05) is 30.3 Å². The first-order valence-corrected chi connectivity index (χ1v) is 9.77. The summed E-state index contributed by atoms with van der Waals surface area (Å²) in [5.41, 5.74) is 7.04. The SMILES string of the molecule is COC(=O)CCCCCCCCCCNC(=O)[C@@H](N)Cc1ccccc1. The second-order valence-corrected chi connectivity index (χ2v) is 6.74. The van der Waals surface area contributed by atoms with E-state index < -0.39 is 6.04 Å². The molecule has 0 bridgehead atoms. The van der Waals surface area contributed by atoms with E-state index in [1.165, 1.54) is 32.8 Å². The highest BCUT2D eigenvalue weighted by Crippen LogP contribution is 2.10. The van der Waals surface area contributed by atoms with Crippen molar-refractivity contribution in [2.24, 2.45) is 5.73 Å². The first-order chi connectivity index (χ1) is 12.6. The van der Waals surface area contributed by atoms with Gasteiger partial charge in [-0.05, 0) is 24.8 Å². The molecule has 0 unspecified atom stereocenters. The second kappa shape index (κ2) is 14.3. The van der Waals surface area contributed by atoms with Crippen molar-refractivity contribution < 1.29 is 14.3 Å². The lowest BCUT2D eigenvalue weighted by molar-refractivity contribution is -0.140. The van der Waals surface area contributed by atoms with Crippen molar-refractivity contribution in [3.05, 3.63) is 35.9 Å². The van der Waals surface area contributed by atoms with Gasteiger partial charge in [-0.1, -0.05) is 68.9 Å². The molecular formula is C21H34N2O3. The molecule has 0 saturated heterocycles. The average Bonchev–Trinajstić information content (AvgIpc) is 2.66. The smallest absolute Gasteiger partial charge is 0.305 e. The average molecular weight is 363 g/mol. The topological polar surface area (TPSA) is 81.4 Å². The van der Waals surface area contributed by atoms with Gasteiger partial charge in [0.15, 0.2) is 0 Å². The minimum absolute atomic E-state index is 0.0699. The van der Waals surface area contributed by atoms with Crippen LogP contribution in [0.1, 0.15) is 63.4 Å². The number of rotatable bonds is 14. The van der Waals surface area contributed by atoms with Crippen LogP contribution in [0.15, 0.2) is 30.3 Å². The van der Waals surface area contributed by atoms with Crippen molar-refractivity contribution in [1.29, 1.82) is 0 Å². The van der Waals surface area contributed by atoms with Gasteiger partial charge < -0.3 is 15.8 Å². The third-order valence-corrected chi connectivity index (χ3v) is 4.47. The van der Waals surface area contributed by atoms with Gasteiger partial charge in [0.05, 0.1) is 13.2 Å². The van der Waals surface area contributed by atoms with Crippen LogP contribution in [0.4, 0.5) is 0 Å². The second-order valence-electron chi connectivity index (χ2n) is 6.74. The molecule has 5 heteroatoms. The summed E-state index contributed by atoms with van der Waals surface area (Å²) in [6, 6.07) is 9.36. The molecule has 0 fully saturated rings. The van der Waals surface area contributed by atoms with Crippen LogP contribution in [0.5, 0.6) is 0 Å². The number of hydrogen-bond acceptors (Lipinski definition) is 4. The molecule has 1 rings (SSSR count). The van der Waals surface area contributed by atoms with Crippen LogP contribution < -0.4 is 11.1 Å². The van der Waals surface area contributed by atoms with Crippen LogP contribution in [0.3, 0.4) is 0 Å². The Morgan fingerprint density at radius 1 is 0.962 bits per heavy atom. The van der Waals surface area contributed by atoms with Crippen LogP contribution in [-0.2, 0) is 20.7 Å². The minimum Gasteiger partial charge on any atom is -0.469 e. The highest BCUT2D eigenvalue weighted by atomic mass is 16.5. The molecule has 5 nitrogen and oxygen atoms in total. The van der Waals surface area contributed by atoms with Crippen molar-refractivity contribution in [3.63, 3.8) is 0 Å². The van der Waals surface area contributed by atoms with Gasteiger partial charge in [-0.2, -0.15) is 0 Å². The number of nitrogens with two attached hydrogens (primary N) is 1. The maximum atomic E-state index is 12.0. The maximum absolute atomic E-state index is 12.0. The monoisotopic (exact) mass is 362 g/mol. The molecular weight excluding hydrogens is 328 g/mol. The fourth-order valence-electron chi connectivity index (χ4n) is 2.86. The number of esters is 1. The summed E-state index contributed by atoms with van der Waals surface area (Å²) in [7, 11) is 1.43. The lowest BCUT2D eigenvalue weighted by Gasteiger charge is -2.12. The van der Waals surface area contributed by atoms with Gasteiger partial charge in [0.25, 0.3) is 0 Å². The number of amides is 1. The van der Waals surface area contributed by atoms with E-state index in [9.17, 15) is 9.59 Å². The van der Waals surface area contributed by atoms with Crippen LogP contribution in [0, 0.1) is 0 Å². The van der Waals surface area contributed by atoms with Gasteiger partial charge >= 0.3 is 5.97 Å². The summed E-state index contributed by atoms with van der Waals surface area (Å²) in [4.78, 5) is 23.0. The molecule has 1 atom stereocenters. The van der Waals surface area contributed by atoms with Gasteiger partial charge in [0, 0.05) is 13.0 Å². The number of ether oxygens (including phenoxy) is 1. The molecule has 1 aromatic carbocycles. The number of carbonyl (C=O) groups excluding carboxylic acids is 2. The minimum atomic E-state index is -0.484. The summed E-state index contributed by atoms with van der Waals surface area (Å²) in [5.74, 6) is -0.185. The van der Waals surface area contributed by atoms with E-state index in [2.05, 4.69) is 10.1 Å². The van der Waals surface area contributed by atoms with Crippen molar-refractivity contribution in [1.82, 2.24) is 5.32 Å². The molecule has 26 heavy (non-hydrogen) atoms. The number of unbranched alkanes of at least 4 members (excludes halogenated alkanes) is 7. The van der Waals surface area contributed by atoms with E-state index >= 15 is 0 Å². The fourth-order valence-corrected chi connectivity index (χ4v) is 2.86. The van der Waals surface area contributed by atoms with Gasteiger partial charge in [0.2, 0.25) is 5.91 Å². The van der Waals surface area contributed by atoms with Crippen LogP contribution in [0.2, 0.25) is 0 Å². The molecule has 146 valence electrons. The summed E-state index contributed by atoms with van der Waals surface area (Å²) in [5, 5.41) is 2.93. The van der Waals surface area contributed by atoms with E-state index in [0.29, 0.717) is 19.4 Å². The van der Waals surface area contributed by atoms with Gasteiger partial charge in [0.1, 0.15) is 0 Å². The lowest BCUT2D eigenvalue weighted by Crippen LogP contribution is -2.42. The molecule has 1 amide bonds. The number of methoxy groups -OCH3 is 1. The molecule has 0 radical (unpaired) electrons. The Bertz CT molecular complexity index is 505. The van der Waals surface area contributed by atoms with Gasteiger partial charge in [-0.3, -0.25) is 9.59 Å². The Morgan fingerprint density at radius 3 is 2.15 bits per heavy atom. The molecule has 3 N–H and O–H groups in total. The predicted molar refractivity (Wildman–Crippen MR) is 105 cm³/mol. The predicted octanol–water partition coefficient (Wildman–Crippen LogP) is 3.36. The molecule has 0 aliphatic rings. The Labute approximate surface area is 157 Å². The fraction of sp³-hybridized carbons (Fsp3) is 0.619. The summed E-state index contributed by atoms with van der Waals surface area (Å²) in [6.07, 6.45) is 9.99. The number of hydrogen-bond donors (Lipinski definition) is 2. The maximum Gasteiger partial charge on any atom is 0.305 e. The number of benzene rings is 1. The van der Waals surface area contributed by atoms with Crippen LogP contribution in [-0.4, -0.2) is 31.6 Å². The lowest BCUT2D eigenvalue weighted by atomic mass is 10.1. The zero-order chi connectivity index (χ0) is 19.0. The highest BCUT2D eigenvalue weighted by molar-refractivity contribution is 5.81. The summed E-state index contributed by atoms with van der Waals surface area (Å²) in [6.45, 7) is 0.695. The third-order valence-electron chi connectivity index (χ3n) is 4.47. The quantitative estimate of drug-likeness (QED) is 0.393. The van der Waals surface area contributed by atoms with Crippen LogP contribution in [0.25, 0.3) is 0 Å². The third kappa shape index (κ3) is 10.9. The van der Waals surface area contributed by atoms with Crippen LogP contribution >= 0.6 is 0 Å². The van der Waals surface area contributed by atoms with E-state index in [4.69, 9.17) is 5.73 Å². The molecule has 0 saturated carbocycles. The number of nitrogens with one attached hydrogen (secondary N) is 1. The van der Waals surface area contributed by atoms with Crippen molar-refractivity contribution >= 4 is 11.9 Å². The first kappa shape index (κ1) is 22.2. The van der Waals surface area contributed by atoms with E-state index in [1.54, 1.807) is 0 Å². The summed E-state index contributed by atoms with van der Waals surface area (Å²) < 4.78 is 4.62. The molecule has 0 heterocycles. The number of carbonyl (C=O) groups is 2. The van der Waals surface area contributed by atoms with Crippen molar-refractivity contribution in [2.45, 2.75) is 70.3 Å². The molecule has 0 spiro atoms. The Morgan fingerprint density at radius 2 is 1.54 bits per heavy atom. The largest absolute Gasteiger partial charge is 0.469 e.